The summed E-state index contributed by atoms with van der Waals surface area (Å²) in [6, 6.07) is 26.1. The quantitative estimate of drug-likeness (QED) is 0.0616. The highest BCUT2D eigenvalue weighted by molar-refractivity contribution is 5.76. The number of hydrogen-bond acceptors (Lipinski definition) is 11. The number of nitrogens with zero attached hydrogens (tertiary/aromatic N) is 4. The molecule has 0 bridgehead atoms. The second-order valence-corrected chi connectivity index (χ2v) is 16.6. The zero-order valence-electron chi connectivity index (χ0n) is 38.0. The smallest absolute Gasteiger partial charge is 0.432 e. The fraction of sp³-hybridized carbons (Fsp3) is 0.265. The van der Waals surface area contributed by atoms with Crippen molar-refractivity contribution in [2.75, 3.05) is 27.4 Å². The average molecular weight is 961 g/mol. The number of imidazole rings is 2. The van der Waals surface area contributed by atoms with Crippen LogP contribution in [-0.2, 0) is 33.3 Å². The molecule has 4 aromatic heterocycles. The first-order valence-electron chi connectivity index (χ1n) is 20.8. The number of esters is 1. The molecule has 7 rings (SSSR count). The Morgan fingerprint density at radius 1 is 0.580 bits per heavy atom. The van der Waals surface area contributed by atoms with E-state index in [9.17, 15) is 41.0 Å². The van der Waals surface area contributed by atoms with E-state index in [1.807, 2.05) is 30.3 Å². The molecule has 69 heavy (non-hydrogen) atoms. The molecule has 3 aromatic carbocycles. The van der Waals surface area contributed by atoms with Gasteiger partial charge in [0, 0.05) is 46.8 Å². The summed E-state index contributed by atoms with van der Waals surface area (Å²) in [5.41, 5.74) is 0.254. The van der Waals surface area contributed by atoms with Crippen LogP contribution >= 0.6 is 0 Å². The Bertz CT molecular complexity index is 2850. The maximum Gasteiger partial charge on any atom is 0.432 e. The molecule has 0 fully saturated rings. The normalized spacial score (nSPS) is 11.8. The third kappa shape index (κ3) is 13.0. The number of hydrogen-bond donors (Lipinski definition) is 3. The van der Waals surface area contributed by atoms with Crippen LogP contribution in [0.2, 0.25) is 0 Å². The molecule has 3 N–H and O–H groups in total. The predicted octanol–water partition coefficient (Wildman–Crippen LogP) is 11.0. The lowest BCUT2D eigenvalue weighted by molar-refractivity contribution is -0.157. The number of methoxy groups -OCH3 is 2. The maximum atomic E-state index is 12.8. The number of pyridine rings is 2. The monoisotopic (exact) mass is 960 g/mol. The van der Waals surface area contributed by atoms with Crippen LogP contribution in [-0.4, -0.2) is 74.4 Å². The number of carboxylic acids is 1. The van der Waals surface area contributed by atoms with E-state index in [0.29, 0.717) is 56.6 Å². The number of ether oxygens (including phenoxy) is 5. The fourth-order valence-corrected chi connectivity index (χ4v) is 6.12. The highest BCUT2D eigenvalue weighted by atomic mass is 19.4. The van der Waals surface area contributed by atoms with Crippen LogP contribution < -0.4 is 18.9 Å². The number of halogens is 6. The topological polar surface area (TPSA) is 184 Å². The van der Waals surface area contributed by atoms with Crippen LogP contribution in [0.3, 0.4) is 0 Å². The van der Waals surface area contributed by atoms with E-state index in [1.54, 1.807) is 88.4 Å². The molecule has 4 heterocycles. The first-order valence-corrected chi connectivity index (χ1v) is 20.8. The SMILES string of the molecule is COc1cc(OCC(C)(C)C(=O)O)ccc1-c1ccc(-c2ncc(C(F)(F)F)[nH]2)cn1.COc1cc(OCC(C)(C)C(=O)OCc2ccccc2)ccc1-c1ccc(-c2ncc(C(F)(F)F)[nH]2)cn1. The number of carbonyl (C=O) groups is 2. The van der Waals surface area contributed by atoms with Crippen molar-refractivity contribution in [2.45, 2.75) is 46.7 Å². The molecule has 0 atom stereocenters. The summed E-state index contributed by atoms with van der Waals surface area (Å²) in [4.78, 5) is 44.5. The van der Waals surface area contributed by atoms with Crippen LogP contribution in [0.1, 0.15) is 44.6 Å². The lowest BCUT2D eigenvalue weighted by Gasteiger charge is -2.23. The van der Waals surface area contributed by atoms with Gasteiger partial charge in [0.1, 0.15) is 65.9 Å². The molecular weight excluding hydrogens is 915 g/mol. The van der Waals surface area contributed by atoms with Gasteiger partial charge in [0.25, 0.3) is 0 Å². The third-order valence-corrected chi connectivity index (χ3v) is 10.3. The number of carbonyl (C=O) groups excluding carboxylic acids is 1. The van der Waals surface area contributed by atoms with Gasteiger partial charge in [0.2, 0.25) is 0 Å². The summed E-state index contributed by atoms with van der Waals surface area (Å²) in [6.07, 6.45) is -4.69. The Balaban J connectivity index is 0.000000232. The molecule has 0 unspecified atom stereocenters. The number of benzene rings is 3. The van der Waals surface area contributed by atoms with Crippen molar-refractivity contribution in [2.24, 2.45) is 10.8 Å². The zero-order chi connectivity index (χ0) is 50.1. The predicted molar refractivity (Wildman–Crippen MR) is 240 cm³/mol. The Morgan fingerprint density at radius 3 is 1.41 bits per heavy atom. The molecule has 0 radical (unpaired) electrons. The summed E-state index contributed by atoms with van der Waals surface area (Å²) in [5, 5.41) is 9.18. The van der Waals surface area contributed by atoms with Crippen molar-refractivity contribution >= 4 is 11.9 Å². The summed E-state index contributed by atoms with van der Waals surface area (Å²) >= 11 is 0. The summed E-state index contributed by atoms with van der Waals surface area (Å²) in [5.74, 6) is 0.614. The van der Waals surface area contributed by atoms with Crippen molar-refractivity contribution in [3.63, 3.8) is 0 Å². The number of carboxylic acid groups (broad SMARTS) is 1. The molecule has 0 saturated heterocycles. The fourth-order valence-electron chi connectivity index (χ4n) is 6.12. The Hall–Kier alpha value is -7.90. The number of rotatable bonds is 16. The maximum absolute atomic E-state index is 12.8. The van der Waals surface area contributed by atoms with Gasteiger partial charge in [-0.3, -0.25) is 19.6 Å². The number of aromatic amines is 2. The average Bonchev–Trinajstić information content (AvgIpc) is 4.05. The van der Waals surface area contributed by atoms with Crippen LogP contribution in [0.25, 0.3) is 45.3 Å². The Labute approximate surface area is 391 Å². The van der Waals surface area contributed by atoms with Gasteiger partial charge in [-0.1, -0.05) is 30.3 Å². The second kappa shape index (κ2) is 20.9. The van der Waals surface area contributed by atoms with Crippen LogP contribution in [0.5, 0.6) is 23.0 Å². The molecular formula is C49H46F6N6O8. The number of nitrogens with one attached hydrogen (secondary N) is 2. The summed E-state index contributed by atoms with van der Waals surface area (Å²) in [7, 11) is 2.98. The Kier molecular flexibility index (Phi) is 15.3. The molecule has 362 valence electrons. The van der Waals surface area contributed by atoms with E-state index in [4.69, 9.17) is 23.7 Å². The van der Waals surface area contributed by atoms with E-state index in [2.05, 4.69) is 29.9 Å². The molecule has 0 aliphatic carbocycles. The highest BCUT2D eigenvalue weighted by Crippen LogP contribution is 2.36. The van der Waals surface area contributed by atoms with Gasteiger partial charge in [-0.25, -0.2) is 9.97 Å². The van der Waals surface area contributed by atoms with Crippen LogP contribution in [0.15, 0.2) is 116 Å². The van der Waals surface area contributed by atoms with Crippen LogP contribution in [0.4, 0.5) is 26.3 Å². The molecule has 7 aromatic rings. The molecule has 20 heteroatoms. The van der Waals surface area contributed by atoms with E-state index in [-0.39, 0.29) is 37.4 Å². The second-order valence-electron chi connectivity index (χ2n) is 16.6. The Morgan fingerprint density at radius 2 is 1.03 bits per heavy atom. The van der Waals surface area contributed by atoms with Gasteiger partial charge in [-0.05, 0) is 81.8 Å². The van der Waals surface area contributed by atoms with E-state index >= 15 is 0 Å². The van der Waals surface area contributed by atoms with E-state index < -0.39 is 40.5 Å². The minimum absolute atomic E-state index is 0.0269. The zero-order valence-corrected chi connectivity index (χ0v) is 38.0. The number of H-pyrrole nitrogens is 2. The van der Waals surface area contributed by atoms with E-state index in [0.717, 1.165) is 18.0 Å². The number of aliphatic carboxylic acids is 1. The third-order valence-electron chi connectivity index (χ3n) is 10.3. The van der Waals surface area contributed by atoms with Crippen molar-refractivity contribution < 1.29 is 64.7 Å². The van der Waals surface area contributed by atoms with Crippen molar-refractivity contribution in [3.8, 4) is 68.3 Å². The van der Waals surface area contributed by atoms with Gasteiger partial charge in [0.05, 0.1) is 48.8 Å². The largest absolute Gasteiger partial charge is 0.496 e. The molecule has 14 nitrogen and oxygen atoms in total. The lowest BCUT2D eigenvalue weighted by atomic mass is 9.95. The van der Waals surface area contributed by atoms with Gasteiger partial charge in [-0.2, -0.15) is 26.3 Å². The summed E-state index contributed by atoms with van der Waals surface area (Å²) in [6.45, 7) is 6.84. The van der Waals surface area contributed by atoms with Gasteiger partial charge in [-0.15, -0.1) is 0 Å². The minimum atomic E-state index is -4.51. The van der Waals surface area contributed by atoms with E-state index in [1.165, 1.54) is 26.6 Å². The minimum Gasteiger partial charge on any atom is -0.496 e. The lowest BCUT2D eigenvalue weighted by Crippen LogP contribution is -2.32. The molecule has 0 spiro atoms. The number of aromatic nitrogens is 6. The molecule has 0 aliphatic rings. The van der Waals surface area contributed by atoms with Gasteiger partial charge >= 0.3 is 24.3 Å². The van der Waals surface area contributed by atoms with Crippen molar-refractivity contribution in [3.05, 3.63) is 133 Å². The first kappa shape index (κ1) is 50.5. The highest BCUT2D eigenvalue weighted by Gasteiger charge is 2.35. The van der Waals surface area contributed by atoms with Crippen molar-refractivity contribution in [1.82, 2.24) is 29.9 Å². The van der Waals surface area contributed by atoms with Crippen LogP contribution in [0, 0.1) is 10.8 Å². The number of alkyl halides is 6. The summed E-state index contributed by atoms with van der Waals surface area (Å²) < 4.78 is 105. The first-order chi connectivity index (χ1) is 32.6. The molecule has 0 amide bonds. The van der Waals surface area contributed by atoms with Gasteiger partial charge in [0.15, 0.2) is 0 Å². The standard InChI is InChI=1S/C28H26F3N3O4.C21H20F3N3O4/c1-27(2,26(35)37-16-18-7-5-4-6-8-18)17-38-20-10-11-21(23(13-20)36-3)22-12-9-19(14-32-22)25-33-15-24(34-25)28(29,30)31;1-20(2,19(28)29)11-31-13-5-6-14(16(8-13)30-3)15-7-4-12(9-25-15)18-26-10-17(27-18)21(22,23)24/h4-15H,16-17H2,1-3H3,(H,33,34);4-10H,11H2,1-3H3,(H,26,27)(H,28,29). The molecule has 0 saturated carbocycles. The van der Waals surface area contributed by atoms with Crippen molar-refractivity contribution in [1.29, 1.82) is 0 Å². The molecule has 0 aliphatic heterocycles. The van der Waals surface area contributed by atoms with Gasteiger partial charge < -0.3 is 38.8 Å².